The fourth-order valence-corrected chi connectivity index (χ4v) is 4.13. The normalized spacial score (nSPS) is 15.7. The Hall–Kier alpha value is -3.19. The van der Waals surface area contributed by atoms with Crippen LogP contribution >= 0.6 is 0 Å². The average molecular weight is 381 g/mol. The van der Waals surface area contributed by atoms with Gasteiger partial charge in [-0.05, 0) is 38.1 Å². The molecule has 144 valence electrons. The summed E-state index contributed by atoms with van der Waals surface area (Å²) in [6.45, 7) is 2.19. The number of hydrogen-bond acceptors (Lipinski definition) is 7. The van der Waals surface area contributed by atoms with Crippen LogP contribution in [0.2, 0.25) is 0 Å². The van der Waals surface area contributed by atoms with Gasteiger partial charge in [-0.25, -0.2) is 4.79 Å². The van der Waals surface area contributed by atoms with Crippen LogP contribution in [0, 0.1) is 0 Å². The second-order valence-corrected chi connectivity index (χ2v) is 7.31. The van der Waals surface area contributed by atoms with Gasteiger partial charge in [-0.2, -0.15) is 0 Å². The highest BCUT2D eigenvalue weighted by Gasteiger charge is 2.24. The minimum atomic E-state index is -0.614. The van der Waals surface area contributed by atoms with Gasteiger partial charge in [0.15, 0.2) is 17.1 Å². The second-order valence-electron chi connectivity index (χ2n) is 7.31. The topological polar surface area (TPSA) is 107 Å². The Bertz CT molecular complexity index is 1280. The maximum absolute atomic E-state index is 12.8. The van der Waals surface area contributed by atoms with E-state index in [0.29, 0.717) is 34.0 Å². The lowest BCUT2D eigenvalue weighted by atomic mass is 10.0. The number of fused-ring (bicyclic) bond motifs is 5. The molecule has 3 N–H and O–H groups in total. The number of benzene rings is 2. The molecule has 0 spiro atoms. The first-order valence-electron chi connectivity index (χ1n) is 9.31. The van der Waals surface area contributed by atoms with Crippen LogP contribution in [0.5, 0.6) is 17.2 Å². The smallest absolute Gasteiger partial charge is 0.348 e. The Balaban J connectivity index is 1.84. The summed E-state index contributed by atoms with van der Waals surface area (Å²) in [6, 6.07) is 5.77. The van der Waals surface area contributed by atoms with Crippen LogP contribution in [0.25, 0.3) is 32.9 Å². The summed E-state index contributed by atoms with van der Waals surface area (Å²) in [5, 5.41) is 31.7. The molecular formula is C21H19NO6. The van der Waals surface area contributed by atoms with Gasteiger partial charge in [0.05, 0.1) is 5.39 Å². The third-order valence-corrected chi connectivity index (χ3v) is 5.48. The molecule has 2 aromatic carbocycles. The first kappa shape index (κ1) is 16.9. The summed E-state index contributed by atoms with van der Waals surface area (Å²) in [4.78, 5) is 14.9. The van der Waals surface area contributed by atoms with Crippen molar-refractivity contribution in [3.8, 4) is 17.2 Å². The second kappa shape index (κ2) is 6.17. The quantitative estimate of drug-likeness (QED) is 0.358. The van der Waals surface area contributed by atoms with Crippen molar-refractivity contribution in [3.63, 3.8) is 0 Å². The third kappa shape index (κ3) is 2.51. The largest absolute Gasteiger partial charge is 0.508 e. The fraction of sp³-hybridized carbons (Fsp3) is 0.286. The molecule has 1 fully saturated rings. The van der Waals surface area contributed by atoms with Gasteiger partial charge in [-0.1, -0.05) is 6.42 Å². The summed E-state index contributed by atoms with van der Waals surface area (Å²) in [5.74, 6) is -0.553. The summed E-state index contributed by atoms with van der Waals surface area (Å²) < 4.78 is 11.3. The van der Waals surface area contributed by atoms with Gasteiger partial charge in [0.2, 0.25) is 0 Å². The van der Waals surface area contributed by atoms with E-state index in [0.717, 1.165) is 25.9 Å². The molecule has 0 aliphatic carbocycles. The van der Waals surface area contributed by atoms with Crippen molar-refractivity contribution in [1.29, 1.82) is 0 Å². The van der Waals surface area contributed by atoms with Crippen LogP contribution in [-0.4, -0.2) is 33.3 Å². The number of phenolic OH excluding ortho intramolecular Hbond substituents is 3. The van der Waals surface area contributed by atoms with E-state index < -0.39 is 5.63 Å². The lowest BCUT2D eigenvalue weighted by Crippen LogP contribution is -2.29. The Morgan fingerprint density at radius 1 is 0.929 bits per heavy atom. The zero-order chi connectivity index (χ0) is 19.4. The molecule has 0 saturated carbocycles. The molecular weight excluding hydrogens is 362 g/mol. The minimum Gasteiger partial charge on any atom is -0.508 e. The Kier molecular flexibility index (Phi) is 3.73. The molecule has 3 heterocycles. The van der Waals surface area contributed by atoms with E-state index in [1.165, 1.54) is 24.6 Å². The van der Waals surface area contributed by atoms with Gasteiger partial charge in [0.25, 0.3) is 0 Å². The maximum atomic E-state index is 12.8. The maximum Gasteiger partial charge on any atom is 0.348 e. The molecule has 0 unspecified atom stereocenters. The lowest BCUT2D eigenvalue weighted by molar-refractivity contribution is 0.219. The Morgan fingerprint density at radius 2 is 1.71 bits per heavy atom. The van der Waals surface area contributed by atoms with E-state index in [2.05, 4.69) is 4.90 Å². The summed E-state index contributed by atoms with van der Waals surface area (Å²) in [5.41, 5.74) is 0.678. The molecule has 1 aliphatic heterocycles. The van der Waals surface area contributed by atoms with Crippen LogP contribution in [0.1, 0.15) is 24.8 Å². The number of nitrogens with zero attached hydrogens (tertiary/aromatic N) is 1. The number of likely N-dealkylation sites (tertiary alicyclic amines) is 1. The molecule has 1 saturated heterocycles. The molecule has 0 radical (unpaired) electrons. The molecule has 7 nitrogen and oxygen atoms in total. The van der Waals surface area contributed by atoms with Crippen molar-refractivity contribution in [3.05, 3.63) is 40.2 Å². The zero-order valence-corrected chi connectivity index (χ0v) is 15.1. The SMILES string of the molecule is O=c1oc2cc(O)ccc2c2oc3cc(O)c(O)c(CN4CCCCC4)c3c12. The molecule has 28 heavy (non-hydrogen) atoms. The minimum absolute atomic E-state index is 0.0211. The van der Waals surface area contributed by atoms with Gasteiger partial charge >= 0.3 is 5.63 Å². The highest BCUT2D eigenvalue weighted by molar-refractivity contribution is 6.14. The number of rotatable bonds is 2. The van der Waals surface area contributed by atoms with Crippen LogP contribution in [0.15, 0.2) is 37.9 Å². The highest BCUT2D eigenvalue weighted by Crippen LogP contribution is 2.42. The predicted octanol–water partition coefficient (Wildman–Crippen LogP) is 3.80. The van der Waals surface area contributed by atoms with Crippen LogP contribution in [-0.2, 0) is 6.54 Å². The van der Waals surface area contributed by atoms with E-state index in [-0.39, 0.29) is 28.2 Å². The van der Waals surface area contributed by atoms with Crippen molar-refractivity contribution < 1.29 is 24.2 Å². The number of furan rings is 1. The van der Waals surface area contributed by atoms with Crippen LogP contribution < -0.4 is 5.63 Å². The highest BCUT2D eigenvalue weighted by atomic mass is 16.4. The summed E-state index contributed by atoms with van der Waals surface area (Å²) in [7, 11) is 0. The molecule has 7 heteroatoms. The number of phenols is 3. The zero-order valence-electron chi connectivity index (χ0n) is 15.1. The first-order chi connectivity index (χ1) is 13.5. The van der Waals surface area contributed by atoms with Gasteiger partial charge in [0.1, 0.15) is 22.3 Å². The van der Waals surface area contributed by atoms with Gasteiger partial charge < -0.3 is 24.2 Å². The van der Waals surface area contributed by atoms with Crippen molar-refractivity contribution in [2.45, 2.75) is 25.8 Å². The summed E-state index contributed by atoms with van der Waals surface area (Å²) in [6.07, 6.45) is 3.32. The van der Waals surface area contributed by atoms with E-state index in [1.807, 2.05) is 0 Å². The van der Waals surface area contributed by atoms with E-state index in [4.69, 9.17) is 8.83 Å². The molecule has 0 amide bonds. The third-order valence-electron chi connectivity index (χ3n) is 5.48. The van der Waals surface area contributed by atoms with Crippen molar-refractivity contribution in [2.24, 2.45) is 0 Å². The average Bonchev–Trinajstić information content (AvgIpc) is 3.05. The Morgan fingerprint density at radius 3 is 2.50 bits per heavy atom. The molecule has 1 aliphatic rings. The predicted molar refractivity (Wildman–Crippen MR) is 104 cm³/mol. The monoisotopic (exact) mass is 381 g/mol. The first-order valence-corrected chi connectivity index (χ1v) is 9.31. The van der Waals surface area contributed by atoms with Crippen LogP contribution in [0.3, 0.4) is 0 Å². The lowest BCUT2D eigenvalue weighted by Gasteiger charge is -2.27. The molecule has 4 aromatic rings. The summed E-state index contributed by atoms with van der Waals surface area (Å²) >= 11 is 0. The number of hydrogen-bond donors (Lipinski definition) is 3. The van der Waals surface area contributed by atoms with Crippen molar-refractivity contribution in [1.82, 2.24) is 4.90 Å². The fourth-order valence-electron chi connectivity index (χ4n) is 4.13. The number of piperidine rings is 1. The van der Waals surface area contributed by atoms with Gasteiger partial charge in [-0.15, -0.1) is 0 Å². The van der Waals surface area contributed by atoms with E-state index in [1.54, 1.807) is 6.07 Å². The molecule has 0 atom stereocenters. The standard InChI is InChI=1S/C21H19NO6/c23-11-4-5-12-15(8-11)28-21(26)18-17-13(10-22-6-2-1-3-7-22)19(25)14(24)9-16(17)27-20(12)18/h4-5,8-9,23-25H,1-3,6-7,10H2. The number of aromatic hydroxyl groups is 3. The Labute approximate surface area is 159 Å². The van der Waals surface area contributed by atoms with Gasteiger partial charge in [0, 0.05) is 29.6 Å². The molecule has 0 bridgehead atoms. The van der Waals surface area contributed by atoms with E-state index >= 15 is 0 Å². The molecule has 5 rings (SSSR count). The van der Waals surface area contributed by atoms with Crippen molar-refractivity contribution in [2.75, 3.05) is 13.1 Å². The molecule has 2 aromatic heterocycles. The van der Waals surface area contributed by atoms with E-state index in [9.17, 15) is 20.1 Å². The van der Waals surface area contributed by atoms with Crippen LogP contribution in [0.4, 0.5) is 0 Å². The van der Waals surface area contributed by atoms with Gasteiger partial charge in [-0.3, -0.25) is 4.90 Å². The van der Waals surface area contributed by atoms with Crippen molar-refractivity contribution >= 4 is 32.9 Å².